The van der Waals surface area contributed by atoms with Crippen molar-refractivity contribution < 1.29 is 14.7 Å². The first kappa shape index (κ1) is 15.3. The van der Waals surface area contributed by atoms with E-state index in [1.54, 1.807) is 35.4 Å². The summed E-state index contributed by atoms with van der Waals surface area (Å²) in [5, 5.41) is 9.20. The zero-order chi connectivity index (χ0) is 17.4. The highest BCUT2D eigenvalue weighted by Crippen LogP contribution is 2.34. The number of hydrogen-bond acceptors (Lipinski definition) is 4. The molecule has 0 fully saturated rings. The molecule has 1 unspecified atom stereocenters. The number of aliphatic carboxylic acids is 1. The fourth-order valence-corrected chi connectivity index (χ4v) is 3.30. The number of nitrogens with zero attached hydrogens (tertiary/aromatic N) is 3. The van der Waals surface area contributed by atoms with Gasteiger partial charge in [-0.3, -0.25) is 14.6 Å². The van der Waals surface area contributed by atoms with Gasteiger partial charge in [-0.2, -0.15) is 0 Å². The Bertz CT molecular complexity index is 986. The van der Waals surface area contributed by atoms with Gasteiger partial charge in [0.05, 0.1) is 23.5 Å². The normalized spacial score (nSPS) is 16.0. The number of carbonyl (C=O) groups excluding carboxylic acids is 1. The topological polar surface area (TPSA) is 83.4 Å². The summed E-state index contributed by atoms with van der Waals surface area (Å²) in [4.78, 5) is 34.5. The second kappa shape index (κ2) is 5.98. The van der Waals surface area contributed by atoms with E-state index in [0.717, 1.165) is 11.3 Å². The average Bonchev–Trinajstić information content (AvgIpc) is 2.97. The predicted octanol–water partition coefficient (Wildman–Crippen LogP) is 2.68. The van der Waals surface area contributed by atoms with Crippen LogP contribution < -0.4 is 4.90 Å². The highest BCUT2D eigenvalue weighted by atomic mass is 16.4. The van der Waals surface area contributed by atoms with E-state index in [2.05, 4.69) is 9.97 Å². The first-order valence-electron chi connectivity index (χ1n) is 7.98. The van der Waals surface area contributed by atoms with E-state index in [0.29, 0.717) is 17.5 Å². The van der Waals surface area contributed by atoms with Gasteiger partial charge in [0.2, 0.25) is 0 Å². The number of carboxylic acids is 1. The fraction of sp³-hybridized carbons (Fsp3) is 0.158. The molecule has 0 spiro atoms. The summed E-state index contributed by atoms with van der Waals surface area (Å²) in [6, 6.07) is 14.1. The number of fused-ring (bicyclic) bond motifs is 2. The number of anilines is 1. The second-order valence-electron chi connectivity index (χ2n) is 6.00. The maximum Gasteiger partial charge on any atom is 0.305 e. The summed E-state index contributed by atoms with van der Waals surface area (Å²) in [6.45, 7) is 0. The summed E-state index contributed by atoms with van der Waals surface area (Å²) >= 11 is 0. The molecule has 3 heterocycles. The third-order valence-electron chi connectivity index (χ3n) is 4.38. The van der Waals surface area contributed by atoms with Crippen molar-refractivity contribution in [1.29, 1.82) is 0 Å². The summed E-state index contributed by atoms with van der Waals surface area (Å²) in [7, 11) is 0. The molecule has 25 heavy (non-hydrogen) atoms. The maximum atomic E-state index is 13.1. The first-order valence-corrected chi connectivity index (χ1v) is 7.98. The largest absolute Gasteiger partial charge is 0.481 e. The molecule has 1 aliphatic heterocycles. The minimum absolute atomic E-state index is 0.102. The Morgan fingerprint density at radius 1 is 1.08 bits per heavy atom. The number of hydrogen-bond donors (Lipinski definition) is 1. The van der Waals surface area contributed by atoms with Crippen LogP contribution in [-0.2, 0) is 11.2 Å². The summed E-state index contributed by atoms with van der Waals surface area (Å²) in [6.07, 6.45) is 2.10. The lowest BCUT2D eigenvalue weighted by Gasteiger charge is -2.24. The molecular formula is C19H15N3O3. The van der Waals surface area contributed by atoms with Gasteiger partial charge in [-0.05, 0) is 42.3 Å². The van der Waals surface area contributed by atoms with Crippen molar-refractivity contribution >= 4 is 28.6 Å². The first-order chi connectivity index (χ1) is 12.1. The summed E-state index contributed by atoms with van der Waals surface area (Å²) in [5.41, 5.74) is 3.36. The van der Waals surface area contributed by atoms with Crippen LogP contribution in [0.1, 0.15) is 22.5 Å². The van der Waals surface area contributed by atoms with E-state index in [1.807, 2.05) is 24.3 Å². The molecular weight excluding hydrogens is 318 g/mol. The molecule has 6 nitrogen and oxygen atoms in total. The van der Waals surface area contributed by atoms with Crippen molar-refractivity contribution in [2.24, 2.45) is 0 Å². The molecule has 0 radical (unpaired) electrons. The second-order valence-corrected chi connectivity index (χ2v) is 6.00. The number of aromatic nitrogens is 2. The Hall–Kier alpha value is -3.28. The molecule has 2 aromatic heterocycles. The number of amides is 1. The van der Waals surface area contributed by atoms with Crippen molar-refractivity contribution in [3.63, 3.8) is 0 Å². The Labute approximate surface area is 143 Å². The van der Waals surface area contributed by atoms with Gasteiger partial charge in [0.25, 0.3) is 5.91 Å². The van der Waals surface area contributed by atoms with E-state index in [-0.39, 0.29) is 18.0 Å². The molecule has 1 N–H and O–H groups in total. The molecule has 4 rings (SSSR count). The van der Waals surface area contributed by atoms with Crippen LogP contribution in [0, 0.1) is 0 Å². The molecule has 0 saturated heterocycles. The monoisotopic (exact) mass is 333 g/mol. The van der Waals surface area contributed by atoms with E-state index >= 15 is 0 Å². The van der Waals surface area contributed by atoms with E-state index in [9.17, 15) is 14.7 Å². The lowest BCUT2D eigenvalue weighted by molar-refractivity contribution is -0.137. The van der Waals surface area contributed by atoms with Crippen molar-refractivity contribution in [1.82, 2.24) is 9.97 Å². The highest BCUT2D eigenvalue weighted by molar-refractivity contribution is 6.07. The Morgan fingerprint density at radius 3 is 2.76 bits per heavy atom. The zero-order valence-electron chi connectivity index (χ0n) is 13.3. The highest BCUT2D eigenvalue weighted by Gasteiger charge is 2.35. The number of para-hydroxylation sites is 1. The quantitative estimate of drug-likeness (QED) is 0.797. The molecule has 1 atom stereocenters. The molecule has 6 heteroatoms. The lowest BCUT2D eigenvalue weighted by Crippen LogP contribution is -2.39. The smallest absolute Gasteiger partial charge is 0.305 e. The van der Waals surface area contributed by atoms with Gasteiger partial charge in [-0.15, -0.1) is 0 Å². The van der Waals surface area contributed by atoms with Crippen LogP contribution in [0.2, 0.25) is 0 Å². The van der Waals surface area contributed by atoms with E-state index in [1.165, 1.54) is 0 Å². The van der Waals surface area contributed by atoms with E-state index < -0.39 is 12.0 Å². The minimum Gasteiger partial charge on any atom is -0.481 e. The van der Waals surface area contributed by atoms with Crippen molar-refractivity contribution in [3.05, 3.63) is 66.0 Å². The third kappa shape index (κ3) is 2.71. The standard InChI is InChI=1S/C19H15N3O3/c23-18(24)11-13-10-12-4-1-2-6-17(12)22(13)19(25)16-8-7-14-15(21-16)5-3-9-20-14/h1-9,13H,10-11H2,(H,23,24). The molecule has 1 aromatic carbocycles. The third-order valence-corrected chi connectivity index (χ3v) is 4.38. The van der Waals surface area contributed by atoms with Crippen molar-refractivity contribution in [2.45, 2.75) is 18.9 Å². The minimum atomic E-state index is -0.925. The molecule has 0 bridgehead atoms. The predicted molar refractivity (Wildman–Crippen MR) is 92.5 cm³/mol. The van der Waals surface area contributed by atoms with Crippen LogP contribution in [0.25, 0.3) is 11.0 Å². The van der Waals surface area contributed by atoms with Gasteiger partial charge < -0.3 is 10.0 Å². The van der Waals surface area contributed by atoms with Crippen LogP contribution >= 0.6 is 0 Å². The lowest BCUT2D eigenvalue weighted by atomic mass is 10.1. The van der Waals surface area contributed by atoms with Crippen LogP contribution in [-0.4, -0.2) is 33.0 Å². The van der Waals surface area contributed by atoms with Gasteiger partial charge in [0, 0.05) is 11.9 Å². The van der Waals surface area contributed by atoms with Crippen LogP contribution in [0.5, 0.6) is 0 Å². The fourth-order valence-electron chi connectivity index (χ4n) is 3.30. The Balaban J connectivity index is 1.76. The molecule has 0 saturated carbocycles. The Kier molecular flexibility index (Phi) is 3.65. The van der Waals surface area contributed by atoms with Gasteiger partial charge >= 0.3 is 5.97 Å². The maximum absolute atomic E-state index is 13.1. The van der Waals surface area contributed by atoms with Crippen molar-refractivity contribution in [2.75, 3.05) is 4.90 Å². The van der Waals surface area contributed by atoms with Crippen molar-refractivity contribution in [3.8, 4) is 0 Å². The van der Waals surface area contributed by atoms with Gasteiger partial charge in [-0.1, -0.05) is 18.2 Å². The molecule has 1 aliphatic rings. The molecule has 124 valence electrons. The van der Waals surface area contributed by atoms with Crippen LogP contribution in [0.3, 0.4) is 0 Å². The number of carbonyl (C=O) groups is 2. The van der Waals surface area contributed by atoms with Gasteiger partial charge in [-0.25, -0.2) is 4.98 Å². The summed E-state index contributed by atoms with van der Waals surface area (Å²) < 4.78 is 0. The van der Waals surface area contributed by atoms with E-state index in [4.69, 9.17) is 0 Å². The van der Waals surface area contributed by atoms with Crippen LogP contribution in [0.15, 0.2) is 54.7 Å². The van der Waals surface area contributed by atoms with Gasteiger partial charge in [0.1, 0.15) is 5.69 Å². The molecule has 3 aromatic rings. The molecule has 0 aliphatic carbocycles. The number of pyridine rings is 2. The number of benzene rings is 1. The van der Waals surface area contributed by atoms with Crippen LogP contribution in [0.4, 0.5) is 5.69 Å². The number of rotatable bonds is 3. The summed E-state index contributed by atoms with van der Waals surface area (Å²) in [5.74, 6) is -1.21. The average molecular weight is 333 g/mol. The zero-order valence-corrected chi connectivity index (χ0v) is 13.3. The van der Waals surface area contributed by atoms with Gasteiger partial charge in [0.15, 0.2) is 0 Å². The SMILES string of the molecule is O=C(O)CC1Cc2ccccc2N1C(=O)c1ccc2ncccc2n1. The Morgan fingerprint density at radius 2 is 1.92 bits per heavy atom. The number of carboxylic acid groups (broad SMARTS) is 1. The molecule has 1 amide bonds.